The molecule has 4 heteroatoms. The van der Waals surface area contributed by atoms with Gasteiger partial charge in [0.1, 0.15) is 0 Å². The number of ether oxygens (including phenoxy) is 1. The van der Waals surface area contributed by atoms with Crippen LogP contribution in [0, 0.1) is 0 Å². The van der Waals surface area contributed by atoms with Gasteiger partial charge in [-0.2, -0.15) is 0 Å². The zero-order valence-electron chi connectivity index (χ0n) is 6.51. The number of hydrogen-bond donors (Lipinski definition) is 2. The average molecular weight is 158 g/mol. The van der Waals surface area contributed by atoms with Crippen LogP contribution in [0.1, 0.15) is 12.8 Å². The van der Waals surface area contributed by atoms with Crippen LogP contribution >= 0.6 is 0 Å². The van der Waals surface area contributed by atoms with Crippen molar-refractivity contribution in [1.82, 2.24) is 5.32 Å². The van der Waals surface area contributed by atoms with Gasteiger partial charge in [0.25, 0.3) is 0 Å². The summed E-state index contributed by atoms with van der Waals surface area (Å²) < 4.78 is 5.32. The molecule has 1 aliphatic rings. The van der Waals surface area contributed by atoms with Crippen molar-refractivity contribution >= 4 is 5.91 Å². The Morgan fingerprint density at radius 1 is 1.73 bits per heavy atom. The van der Waals surface area contributed by atoms with Gasteiger partial charge in [-0.25, -0.2) is 0 Å². The lowest BCUT2D eigenvalue weighted by molar-refractivity contribution is -0.117. The smallest absolute Gasteiger partial charge is 0.231 e. The molecule has 0 aromatic rings. The number of carbonyl (C=O) groups excluding carboxylic acids is 1. The number of nitrogens with two attached hydrogens (primary N) is 1. The molecule has 3 N–H and O–H groups in total. The van der Waals surface area contributed by atoms with Crippen molar-refractivity contribution in [1.29, 1.82) is 0 Å². The zero-order chi connectivity index (χ0) is 8.10. The van der Waals surface area contributed by atoms with Crippen LogP contribution in [0.15, 0.2) is 0 Å². The molecule has 0 bridgehead atoms. The third-order valence-electron chi connectivity index (χ3n) is 1.70. The molecule has 1 saturated heterocycles. The molecule has 11 heavy (non-hydrogen) atoms. The fourth-order valence-electron chi connectivity index (χ4n) is 1.16. The molecule has 1 rings (SSSR count). The molecule has 0 aliphatic carbocycles. The van der Waals surface area contributed by atoms with Gasteiger partial charge in [0.05, 0.1) is 12.6 Å². The van der Waals surface area contributed by atoms with Gasteiger partial charge in [-0.05, 0) is 12.8 Å². The van der Waals surface area contributed by atoms with Crippen molar-refractivity contribution < 1.29 is 9.53 Å². The normalized spacial score (nSPS) is 23.8. The first-order valence-electron chi connectivity index (χ1n) is 3.89. The van der Waals surface area contributed by atoms with E-state index in [0.29, 0.717) is 0 Å². The van der Waals surface area contributed by atoms with E-state index < -0.39 is 0 Å². The molecular formula is C7H14N2O2. The maximum atomic E-state index is 10.3. The fourth-order valence-corrected chi connectivity index (χ4v) is 1.16. The Kier molecular flexibility index (Phi) is 3.32. The molecule has 64 valence electrons. The third kappa shape index (κ3) is 3.34. The SMILES string of the molecule is NC(=O)CNCC1CCCO1. The highest BCUT2D eigenvalue weighted by Gasteiger charge is 2.14. The van der Waals surface area contributed by atoms with Crippen LogP contribution < -0.4 is 11.1 Å². The van der Waals surface area contributed by atoms with Crippen LogP contribution in [0.4, 0.5) is 0 Å². The summed E-state index contributed by atoms with van der Waals surface area (Å²) >= 11 is 0. The van der Waals surface area contributed by atoms with Gasteiger partial charge in [0.15, 0.2) is 0 Å². The molecule has 1 atom stereocenters. The summed E-state index contributed by atoms with van der Waals surface area (Å²) in [5.74, 6) is -0.317. The Morgan fingerprint density at radius 2 is 2.55 bits per heavy atom. The first-order chi connectivity index (χ1) is 5.29. The molecular weight excluding hydrogens is 144 g/mol. The van der Waals surface area contributed by atoms with Crippen molar-refractivity contribution in [2.24, 2.45) is 5.73 Å². The van der Waals surface area contributed by atoms with E-state index in [-0.39, 0.29) is 18.6 Å². The summed E-state index contributed by atoms with van der Waals surface area (Å²) in [5.41, 5.74) is 4.93. The van der Waals surface area contributed by atoms with Gasteiger partial charge in [0.2, 0.25) is 5.91 Å². The summed E-state index contributed by atoms with van der Waals surface area (Å²) in [5, 5.41) is 2.93. The Balaban J connectivity index is 1.98. The minimum Gasteiger partial charge on any atom is -0.377 e. The van der Waals surface area contributed by atoms with Gasteiger partial charge < -0.3 is 15.8 Å². The minimum atomic E-state index is -0.317. The van der Waals surface area contributed by atoms with Crippen LogP contribution in [0.2, 0.25) is 0 Å². The third-order valence-corrected chi connectivity index (χ3v) is 1.70. The molecule has 1 heterocycles. The predicted octanol–water partition coefficient (Wildman–Crippen LogP) is -0.760. The van der Waals surface area contributed by atoms with E-state index in [1.807, 2.05) is 0 Å². The summed E-state index contributed by atoms with van der Waals surface area (Å²) in [6, 6.07) is 0. The second kappa shape index (κ2) is 4.31. The predicted molar refractivity (Wildman–Crippen MR) is 41.0 cm³/mol. The second-order valence-electron chi connectivity index (χ2n) is 2.73. The molecule has 0 spiro atoms. The lowest BCUT2D eigenvalue weighted by Gasteiger charge is -2.08. The largest absolute Gasteiger partial charge is 0.377 e. The lowest BCUT2D eigenvalue weighted by Crippen LogP contribution is -2.33. The topological polar surface area (TPSA) is 64.4 Å². The first-order valence-corrected chi connectivity index (χ1v) is 3.89. The molecule has 0 aromatic carbocycles. The van der Waals surface area contributed by atoms with Crippen LogP contribution in [-0.2, 0) is 9.53 Å². The Labute approximate surface area is 66.1 Å². The number of carbonyl (C=O) groups is 1. The van der Waals surface area contributed by atoms with Crippen molar-refractivity contribution in [2.75, 3.05) is 19.7 Å². The molecule has 0 aromatic heterocycles. The first kappa shape index (κ1) is 8.49. The number of amides is 1. The minimum absolute atomic E-state index is 0.250. The van der Waals surface area contributed by atoms with Crippen molar-refractivity contribution in [2.45, 2.75) is 18.9 Å². The Bertz CT molecular complexity index is 132. The van der Waals surface area contributed by atoms with Gasteiger partial charge in [-0.15, -0.1) is 0 Å². The molecule has 0 saturated carbocycles. The van der Waals surface area contributed by atoms with Crippen LogP contribution in [-0.4, -0.2) is 31.7 Å². The summed E-state index contributed by atoms with van der Waals surface area (Å²) in [6.45, 7) is 1.84. The van der Waals surface area contributed by atoms with Crippen LogP contribution in [0.5, 0.6) is 0 Å². The molecule has 1 amide bonds. The highest BCUT2D eigenvalue weighted by atomic mass is 16.5. The number of hydrogen-bond acceptors (Lipinski definition) is 3. The standard InChI is InChI=1S/C7H14N2O2/c8-7(10)5-9-4-6-2-1-3-11-6/h6,9H,1-5H2,(H2,8,10). The van der Waals surface area contributed by atoms with Crippen molar-refractivity contribution in [3.05, 3.63) is 0 Å². The fraction of sp³-hybridized carbons (Fsp3) is 0.857. The van der Waals surface area contributed by atoms with Gasteiger partial charge >= 0.3 is 0 Å². The highest BCUT2D eigenvalue weighted by Crippen LogP contribution is 2.10. The quantitative estimate of drug-likeness (QED) is 0.565. The molecule has 1 aliphatic heterocycles. The number of nitrogens with one attached hydrogen (secondary N) is 1. The molecule has 4 nitrogen and oxygen atoms in total. The maximum Gasteiger partial charge on any atom is 0.231 e. The Hall–Kier alpha value is -0.610. The lowest BCUT2D eigenvalue weighted by atomic mass is 10.2. The van der Waals surface area contributed by atoms with E-state index in [1.54, 1.807) is 0 Å². The number of rotatable bonds is 4. The van der Waals surface area contributed by atoms with Gasteiger partial charge in [-0.1, -0.05) is 0 Å². The van der Waals surface area contributed by atoms with Gasteiger partial charge in [-0.3, -0.25) is 4.79 Å². The van der Waals surface area contributed by atoms with E-state index in [4.69, 9.17) is 10.5 Å². The van der Waals surface area contributed by atoms with Crippen molar-refractivity contribution in [3.63, 3.8) is 0 Å². The second-order valence-corrected chi connectivity index (χ2v) is 2.73. The maximum absolute atomic E-state index is 10.3. The number of primary amides is 1. The molecule has 1 fully saturated rings. The zero-order valence-corrected chi connectivity index (χ0v) is 6.51. The van der Waals surface area contributed by atoms with E-state index in [0.717, 1.165) is 26.0 Å². The van der Waals surface area contributed by atoms with E-state index in [1.165, 1.54) is 0 Å². The molecule has 0 radical (unpaired) electrons. The Morgan fingerprint density at radius 3 is 3.09 bits per heavy atom. The van der Waals surface area contributed by atoms with Crippen LogP contribution in [0.3, 0.4) is 0 Å². The molecule has 1 unspecified atom stereocenters. The average Bonchev–Trinajstić information content (AvgIpc) is 2.39. The highest BCUT2D eigenvalue weighted by molar-refractivity contribution is 5.75. The monoisotopic (exact) mass is 158 g/mol. The summed E-state index contributed by atoms with van der Waals surface area (Å²) in [7, 11) is 0. The van der Waals surface area contributed by atoms with E-state index in [9.17, 15) is 4.79 Å². The van der Waals surface area contributed by atoms with E-state index in [2.05, 4.69) is 5.32 Å². The summed E-state index contributed by atoms with van der Waals surface area (Å²) in [6.07, 6.45) is 2.50. The van der Waals surface area contributed by atoms with Crippen LogP contribution in [0.25, 0.3) is 0 Å². The van der Waals surface area contributed by atoms with E-state index >= 15 is 0 Å². The van der Waals surface area contributed by atoms with Crippen molar-refractivity contribution in [3.8, 4) is 0 Å². The van der Waals surface area contributed by atoms with Gasteiger partial charge in [0, 0.05) is 13.2 Å². The summed E-state index contributed by atoms with van der Waals surface area (Å²) in [4.78, 5) is 10.3.